The second-order valence-electron chi connectivity index (χ2n) is 7.40. The largest absolute Gasteiger partial charge is 0.422 e. The molecule has 0 amide bonds. The Hall–Kier alpha value is -2.75. The van der Waals surface area contributed by atoms with Gasteiger partial charge in [-0.25, -0.2) is 16.8 Å². The normalized spacial score (nSPS) is 15.9. The number of aryl methyl sites for hydroxylation is 1. The molecule has 0 saturated carbocycles. The van der Waals surface area contributed by atoms with Crippen molar-refractivity contribution >= 4 is 31.6 Å². The lowest BCUT2D eigenvalue weighted by Crippen LogP contribution is -2.50. The van der Waals surface area contributed by atoms with Gasteiger partial charge in [0.2, 0.25) is 15.9 Å². The van der Waals surface area contributed by atoms with Gasteiger partial charge in [-0.15, -0.1) is 0 Å². The summed E-state index contributed by atoms with van der Waals surface area (Å²) in [5, 5.41) is 9.29. The van der Waals surface area contributed by atoms with Crippen LogP contribution in [-0.4, -0.2) is 56.6 Å². The van der Waals surface area contributed by atoms with Crippen molar-refractivity contribution in [1.29, 1.82) is 5.26 Å². The summed E-state index contributed by atoms with van der Waals surface area (Å²) >= 11 is 5.83. The molecule has 3 aromatic rings. The molecule has 1 aliphatic rings. The van der Waals surface area contributed by atoms with Gasteiger partial charge in [-0.1, -0.05) is 29.3 Å². The molecule has 1 saturated heterocycles. The SMILES string of the molecule is Cc1ccc(-c2nc(C#N)c(S(=O)(=O)N3CCN(S(=O)(=O)c4ccc(Cl)cc4)CC3)o2)cc1. The zero-order valence-corrected chi connectivity index (χ0v) is 19.9. The highest BCUT2D eigenvalue weighted by Crippen LogP contribution is 2.29. The fourth-order valence-corrected chi connectivity index (χ4v) is 6.34. The third-order valence-electron chi connectivity index (χ3n) is 5.22. The van der Waals surface area contributed by atoms with Gasteiger partial charge in [0.25, 0.3) is 15.1 Å². The van der Waals surface area contributed by atoms with Crippen molar-refractivity contribution in [3.63, 3.8) is 0 Å². The van der Waals surface area contributed by atoms with E-state index in [0.29, 0.717) is 10.6 Å². The molecule has 1 aromatic heterocycles. The molecule has 0 aliphatic carbocycles. The molecule has 4 rings (SSSR count). The smallest absolute Gasteiger partial charge is 0.279 e. The summed E-state index contributed by atoms with van der Waals surface area (Å²) in [5.41, 5.74) is 1.20. The van der Waals surface area contributed by atoms with E-state index in [-0.39, 0.29) is 42.7 Å². The van der Waals surface area contributed by atoms with Gasteiger partial charge in [-0.05, 0) is 43.3 Å². The minimum Gasteiger partial charge on any atom is -0.422 e. The summed E-state index contributed by atoms with van der Waals surface area (Å²) < 4.78 is 59.9. The maximum absolute atomic E-state index is 13.2. The van der Waals surface area contributed by atoms with E-state index in [0.717, 1.165) is 9.87 Å². The van der Waals surface area contributed by atoms with E-state index in [2.05, 4.69) is 4.98 Å². The van der Waals surface area contributed by atoms with E-state index in [4.69, 9.17) is 16.0 Å². The first-order valence-electron chi connectivity index (χ1n) is 9.87. The van der Waals surface area contributed by atoms with Crippen LogP contribution in [-0.2, 0) is 20.0 Å². The highest BCUT2D eigenvalue weighted by molar-refractivity contribution is 7.89. The summed E-state index contributed by atoms with van der Waals surface area (Å²) in [5.74, 6) is 0.0223. The molecule has 0 unspecified atom stereocenters. The van der Waals surface area contributed by atoms with Crippen LogP contribution in [0.15, 0.2) is 62.9 Å². The van der Waals surface area contributed by atoms with Crippen LogP contribution in [0.5, 0.6) is 0 Å². The Bertz CT molecular complexity index is 1420. The third-order valence-corrected chi connectivity index (χ3v) is 9.18. The number of nitrogens with zero attached hydrogens (tertiary/aromatic N) is 4. The first kappa shape index (κ1) is 23.4. The molecule has 0 bridgehead atoms. The quantitative estimate of drug-likeness (QED) is 0.521. The van der Waals surface area contributed by atoms with E-state index in [1.807, 2.05) is 19.1 Å². The Labute approximate surface area is 196 Å². The van der Waals surface area contributed by atoms with Gasteiger partial charge in [0, 0.05) is 36.8 Å². The Morgan fingerprint density at radius 3 is 2.00 bits per heavy atom. The molecular formula is C21H19ClN4O5S2. The van der Waals surface area contributed by atoms with Gasteiger partial charge in [-0.3, -0.25) is 0 Å². The van der Waals surface area contributed by atoms with E-state index < -0.39 is 25.1 Å². The number of hydrogen-bond acceptors (Lipinski definition) is 7. The van der Waals surface area contributed by atoms with E-state index in [1.165, 1.54) is 28.6 Å². The molecule has 9 nitrogen and oxygen atoms in total. The number of sulfonamides is 2. The number of hydrogen-bond donors (Lipinski definition) is 0. The zero-order valence-electron chi connectivity index (χ0n) is 17.5. The van der Waals surface area contributed by atoms with Crippen molar-refractivity contribution in [2.24, 2.45) is 0 Å². The first-order valence-corrected chi connectivity index (χ1v) is 13.1. The first-order chi connectivity index (χ1) is 15.6. The molecule has 0 N–H and O–H groups in total. The predicted molar refractivity (Wildman–Crippen MR) is 120 cm³/mol. The molecule has 172 valence electrons. The zero-order chi connectivity index (χ0) is 23.8. The number of rotatable bonds is 5. The van der Waals surface area contributed by atoms with Crippen molar-refractivity contribution in [1.82, 2.24) is 13.6 Å². The highest BCUT2D eigenvalue weighted by atomic mass is 35.5. The van der Waals surface area contributed by atoms with Crippen molar-refractivity contribution in [3.8, 4) is 17.5 Å². The summed E-state index contributed by atoms with van der Waals surface area (Å²) in [4.78, 5) is 4.12. The van der Waals surface area contributed by atoms with Crippen LogP contribution in [0.4, 0.5) is 0 Å². The van der Waals surface area contributed by atoms with Gasteiger partial charge in [0.15, 0.2) is 5.69 Å². The fraction of sp³-hybridized carbons (Fsp3) is 0.238. The summed E-state index contributed by atoms with van der Waals surface area (Å²) in [7, 11) is -7.99. The Kier molecular flexibility index (Phi) is 6.30. The van der Waals surface area contributed by atoms with Gasteiger partial charge in [0.05, 0.1) is 4.90 Å². The molecule has 12 heteroatoms. The third kappa shape index (κ3) is 4.53. The number of piperazine rings is 1. The van der Waals surface area contributed by atoms with Gasteiger partial charge < -0.3 is 4.42 Å². The van der Waals surface area contributed by atoms with Crippen LogP contribution in [0.2, 0.25) is 5.02 Å². The van der Waals surface area contributed by atoms with Crippen molar-refractivity contribution in [3.05, 3.63) is 64.8 Å². The predicted octanol–water partition coefficient (Wildman–Crippen LogP) is 2.87. The number of benzene rings is 2. The van der Waals surface area contributed by atoms with E-state index in [1.54, 1.807) is 18.2 Å². The van der Waals surface area contributed by atoms with Crippen LogP contribution in [0.1, 0.15) is 11.3 Å². The highest BCUT2D eigenvalue weighted by Gasteiger charge is 2.37. The Balaban J connectivity index is 1.55. The number of aromatic nitrogens is 1. The minimum absolute atomic E-state index is 0.0223. The van der Waals surface area contributed by atoms with Crippen molar-refractivity contribution < 1.29 is 21.3 Å². The van der Waals surface area contributed by atoms with Gasteiger partial charge >= 0.3 is 0 Å². The molecule has 33 heavy (non-hydrogen) atoms. The molecular weight excluding hydrogens is 488 g/mol. The van der Waals surface area contributed by atoms with Crippen LogP contribution in [0.3, 0.4) is 0 Å². The number of nitriles is 1. The monoisotopic (exact) mass is 506 g/mol. The average molecular weight is 507 g/mol. The molecule has 0 radical (unpaired) electrons. The minimum atomic E-state index is -4.20. The lowest BCUT2D eigenvalue weighted by Gasteiger charge is -2.32. The molecule has 1 fully saturated rings. The van der Waals surface area contributed by atoms with Crippen molar-refractivity contribution in [2.75, 3.05) is 26.2 Å². The van der Waals surface area contributed by atoms with Crippen LogP contribution in [0, 0.1) is 18.3 Å². The standard InChI is InChI=1S/C21H19ClN4O5S2/c1-15-2-4-16(5-3-15)20-24-19(14-23)21(31-20)33(29,30)26-12-10-25(11-13-26)32(27,28)18-8-6-17(22)7-9-18/h2-9H,10-13H2,1H3. The van der Waals surface area contributed by atoms with Crippen LogP contribution in [0.25, 0.3) is 11.5 Å². The summed E-state index contributed by atoms with van der Waals surface area (Å²) in [6.07, 6.45) is 0. The maximum atomic E-state index is 13.2. The van der Waals surface area contributed by atoms with Gasteiger partial charge in [-0.2, -0.15) is 18.9 Å². The second-order valence-corrected chi connectivity index (χ2v) is 11.6. The summed E-state index contributed by atoms with van der Waals surface area (Å²) in [6, 6.07) is 14.6. The molecule has 1 aliphatic heterocycles. The summed E-state index contributed by atoms with van der Waals surface area (Å²) in [6.45, 7) is 1.61. The van der Waals surface area contributed by atoms with Gasteiger partial charge in [0.1, 0.15) is 6.07 Å². The van der Waals surface area contributed by atoms with Crippen LogP contribution < -0.4 is 0 Å². The maximum Gasteiger partial charge on any atom is 0.279 e. The Morgan fingerprint density at radius 1 is 0.909 bits per heavy atom. The molecule has 0 spiro atoms. The average Bonchev–Trinajstić information content (AvgIpc) is 3.25. The molecule has 2 heterocycles. The topological polar surface area (TPSA) is 125 Å². The fourth-order valence-electron chi connectivity index (χ4n) is 3.39. The molecule has 2 aromatic carbocycles. The van der Waals surface area contributed by atoms with E-state index in [9.17, 15) is 22.1 Å². The number of oxazole rings is 1. The molecule has 0 atom stereocenters. The lowest BCUT2D eigenvalue weighted by atomic mass is 10.1. The van der Waals surface area contributed by atoms with Crippen molar-refractivity contribution in [2.45, 2.75) is 16.9 Å². The van der Waals surface area contributed by atoms with Crippen LogP contribution >= 0.6 is 11.6 Å². The Morgan fingerprint density at radius 2 is 1.45 bits per heavy atom. The number of halogens is 1. The lowest BCUT2D eigenvalue weighted by molar-refractivity contribution is 0.268. The van der Waals surface area contributed by atoms with E-state index >= 15 is 0 Å². The second kappa shape index (κ2) is 8.89.